The average Bonchev–Trinajstić information content (AvgIpc) is 2.88. The van der Waals surface area contributed by atoms with Crippen molar-refractivity contribution in [2.45, 2.75) is 39.3 Å². The predicted molar refractivity (Wildman–Crippen MR) is 149 cm³/mol. The molecule has 0 saturated carbocycles. The number of rotatable bonds is 11. The van der Waals surface area contributed by atoms with Crippen molar-refractivity contribution in [1.29, 1.82) is 0 Å². The summed E-state index contributed by atoms with van der Waals surface area (Å²) in [6, 6.07) is 19.8. The molecule has 5 nitrogen and oxygen atoms in total. The fourth-order valence-electron chi connectivity index (χ4n) is 3.78. The van der Waals surface area contributed by atoms with E-state index in [1.165, 1.54) is 0 Å². The third-order valence-electron chi connectivity index (χ3n) is 5.71. The Morgan fingerprint density at radius 2 is 1.67 bits per heavy atom. The van der Waals surface area contributed by atoms with Crippen LogP contribution < -0.4 is 10.1 Å². The Kier molecular flexibility index (Phi) is 10.7. The average molecular weight is 592 g/mol. The van der Waals surface area contributed by atoms with Crippen LogP contribution in [0.15, 0.2) is 71.2 Å². The first kappa shape index (κ1) is 28.0. The van der Waals surface area contributed by atoms with Gasteiger partial charge >= 0.3 is 0 Å². The standard InChI is InChI=1S/C28H29BrCl2N2O3/c1-3-19-11-13-26(22(29)14-19)36-18-27(34)33(17-21-10-12-23(30)24(31)15-21)25(28(35)32-4-2)16-20-8-6-5-7-9-20/h5-15,25H,3-4,16-18H2,1-2H3,(H,32,35)/t25-/m1/s1. The minimum absolute atomic E-state index is 0.170. The highest BCUT2D eigenvalue weighted by Crippen LogP contribution is 2.27. The van der Waals surface area contributed by atoms with Gasteiger partial charge in [0.05, 0.1) is 14.5 Å². The molecule has 0 spiro atoms. The molecule has 0 aliphatic carbocycles. The second-order valence-corrected chi connectivity index (χ2v) is 9.95. The third-order valence-corrected chi connectivity index (χ3v) is 7.07. The van der Waals surface area contributed by atoms with Crippen molar-refractivity contribution in [2.75, 3.05) is 13.2 Å². The topological polar surface area (TPSA) is 58.6 Å². The highest BCUT2D eigenvalue weighted by molar-refractivity contribution is 9.10. The summed E-state index contributed by atoms with van der Waals surface area (Å²) >= 11 is 15.9. The molecular formula is C28H29BrCl2N2O3. The number of benzene rings is 3. The SMILES string of the molecule is CCNC(=O)[C@@H](Cc1ccccc1)N(Cc1ccc(Cl)c(Cl)c1)C(=O)COc1ccc(CC)cc1Br. The van der Waals surface area contributed by atoms with Crippen molar-refractivity contribution in [3.63, 3.8) is 0 Å². The van der Waals surface area contributed by atoms with Gasteiger partial charge in [0, 0.05) is 19.5 Å². The van der Waals surface area contributed by atoms with Crippen LogP contribution in [0.25, 0.3) is 0 Å². The van der Waals surface area contributed by atoms with Crippen molar-refractivity contribution in [1.82, 2.24) is 10.2 Å². The highest BCUT2D eigenvalue weighted by atomic mass is 79.9. The van der Waals surface area contributed by atoms with Gasteiger partial charge < -0.3 is 15.0 Å². The van der Waals surface area contributed by atoms with Gasteiger partial charge in [0.25, 0.3) is 5.91 Å². The molecule has 3 aromatic carbocycles. The van der Waals surface area contributed by atoms with Crippen molar-refractivity contribution < 1.29 is 14.3 Å². The van der Waals surface area contributed by atoms with Crippen molar-refractivity contribution >= 4 is 50.9 Å². The maximum Gasteiger partial charge on any atom is 0.261 e. The zero-order chi connectivity index (χ0) is 26.1. The first-order valence-electron chi connectivity index (χ1n) is 11.8. The van der Waals surface area contributed by atoms with Gasteiger partial charge in [0.2, 0.25) is 5.91 Å². The summed E-state index contributed by atoms with van der Waals surface area (Å²) in [5, 5.41) is 3.68. The van der Waals surface area contributed by atoms with E-state index in [0.29, 0.717) is 28.8 Å². The first-order chi connectivity index (χ1) is 17.3. The molecule has 0 saturated heterocycles. The lowest BCUT2D eigenvalue weighted by molar-refractivity contribution is -0.142. The molecule has 0 unspecified atom stereocenters. The molecule has 1 atom stereocenters. The van der Waals surface area contributed by atoms with E-state index in [1.54, 1.807) is 23.1 Å². The molecule has 3 rings (SSSR count). The predicted octanol–water partition coefficient (Wildman–Crippen LogP) is 6.47. The van der Waals surface area contributed by atoms with Crippen LogP contribution in [0.1, 0.15) is 30.5 Å². The van der Waals surface area contributed by atoms with Crippen LogP contribution in [0.2, 0.25) is 10.0 Å². The number of halogens is 3. The van der Waals surface area contributed by atoms with E-state index in [0.717, 1.165) is 27.6 Å². The summed E-state index contributed by atoms with van der Waals surface area (Å²) in [5.41, 5.74) is 2.86. The Labute approximate surface area is 230 Å². The van der Waals surface area contributed by atoms with Gasteiger partial charge in [-0.25, -0.2) is 0 Å². The van der Waals surface area contributed by atoms with Crippen molar-refractivity contribution in [3.8, 4) is 5.75 Å². The van der Waals surface area contributed by atoms with Crippen LogP contribution in [-0.2, 0) is 29.0 Å². The third kappa shape index (κ3) is 7.73. The molecule has 190 valence electrons. The number of amides is 2. The molecule has 0 aliphatic heterocycles. The molecule has 0 aromatic heterocycles. The lowest BCUT2D eigenvalue weighted by atomic mass is 10.0. The molecule has 0 radical (unpaired) electrons. The van der Waals surface area contributed by atoms with Crippen molar-refractivity contribution in [3.05, 3.63) is 97.9 Å². The molecule has 0 bridgehead atoms. The monoisotopic (exact) mass is 590 g/mol. The Morgan fingerprint density at radius 1 is 0.944 bits per heavy atom. The lowest BCUT2D eigenvalue weighted by Gasteiger charge is -2.31. The van der Waals surface area contributed by atoms with E-state index in [2.05, 4.69) is 28.2 Å². The highest BCUT2D eigenvalue weighted by Gasteiger charge is 2.30. The number of nitrogens with one attached hydrogen (secondary N) is 1. The van der Waals surface area contributed by atoms with E-state index < -0.39 is 6.04 Å². The fraction of sp³-hybridized carbons (Fsp3) is 0.286. The van der Waals surface area contributed by atoms with Gasteiger partial charge in [-0.2, -0.15) is 0 Å². The van der Waals surface area contributed by atoms with Crippen LogP contribution in [0, 0.1) is 0 Å². The van der Waals surface area contributed by atoms with Crippen LogP contribution in [0.5, 0.6) is 5.75 Å². The molecule has 0 aliphatic rings. The zero-order valence-electron chi connectivity index (χ0n) is 20.3. The molecule has 1 N–H and O–H groups in total. The van der Waals surface area contributed by atoms with Gasteiger partial charge in [-0.3, -0.25) is 9.59 Å². The number of likely N-dealkylation sites (N-methyl/N-ethyl adjacent to an activating group) is 1. The van der Waals surface area contributed by atoms with Gasteiger partial charge in [-0.1, -0.05) is 72.6 Å². The van der Waals surface area contributed by atoms with Gasteiger partial charge in [-0.15, -0.1) is 0 Å². The van der Waals surface area contributed by atoms with Gasteiger partial charge in [-0.05, 0) is 70.2 Å². The maximum absolute atomic E-state index is 13.6. The van der Waals surface area contributed by atoms with Crippen LogP contribution in [-0.4, -0.2) is 35.9 Å². The van der Waals surface area contributed by atoms with E-state index in [-0.39, 0.29) is 25.0 Å². The van der Waals surface area contributed by atoms with Crippen molar-refractivity contribution in [2.24, 2.45) is 0 Å². The number of hydrogen-bond donors (Lipinski definition) is 1. The Hall–Kier alpha value is -2.54. The first-order valence-corrected chi connectivity index (χ1v) is 13.3. The summed E-state index contributed by atoms with van der Waals surface area (Å²) in [6.07, 6.45) is 1.25. The molecule has 8 heteroatoms. The molecule has 0 fully saturated rings. The smallest absolute Gasteiger partial charge is 0.261 e. The number of carbonyl (C=O) groups is 2. The van der Waals surface area contributed by atoms with Gasteiger partial charge in [0.1, 0.15) is 11.8 Å². The number of ether oxygens (including phenoxy) is 1. The quantitative estimate of drug-likeness (QED) is 0.278. The lowest BCUT2D eigenvalue weighted by Crippen LogP contribution is -2.51. The fourth-order valence-corrected chi connectivity index (χ4v) is 4.65. The van der Waals surface area contributed by atoms with E-state index in [9.17, 15) is 9.59 Å². The molecule has 0 heterocycles. The number of nitrogens with zero attached hydrogens (tertiary/aromatic N) is 1. The van der Waals surface area contributed by atoms with Crippen LogP contribution in [0.3, 0.4) is 0 Å². The summed E-state index contributed by atoms with van der Waals surface area (Å²) in [4.78, 5) is 28.3. The minimum Gasteiger partial charge on any atom is -0.483 e. The Balaban J connectivity index is 1.91. The summed E-state index contributed by atoms with van der Waals surface area (Å²) < 4.78 is 6.66. The summed E-state index contributed by atoms with van der Waals surface area (Å²) in [7, 11) is 0. The summed E-state index contributed by atoms with van der Waals surface area (Å²) in [6.45, 7) is 4.32. The molecule has 2 amide bonds. The van der Waals surface area contributed by atoms with E-state index >= 15 is 0 Å². The van der Waals surface area contributed by atoms with Crippen LogP contribution >= 0.6 is 39.1 Å². The second-order valence-electron chi connectivity index (χ2n) is 8.28. The van der Waals surface area contributed by atoms with Gasteiger partial charge in [0.15, 0.2) is 6.61 Å². The molecule has 3 aromatic rings. The number of hydrogen-bond acceptors (Lipinski definition) is 3. The van der Waals surface area contributed by atoms with Crippen LogP contribution in [0.4, 0.5) is 0 Å². The number of aryl methyl sites for hydroxylation is 1. The summed E-state index contributed by atoms with van der Waals surface area (Å²) in [5.74, 6) is 0.00984. The Morgan fingerprint density at radius 3 is 2.31 bits per heavy atom. The number of carbonyl (C=O) groups excluding carboxylic acids is 2. The normalized spacial score (nSPS) is 11.6. The largest absolute Gasteiger partial charge is 0.483 e. The molecule has 36 heavy (non-hydrogen) atoms. The maximum atomic E-state index is 13.6. The Bertz CT molecular complexity index is 1190. The zero-order valence-corrected chi connectivity index (χ0v) is 23.4. The minimum atomic E-state index is -0.746. The van der Waals surface area contributed by atoms with E-state index in [1.807, 2.05) is 55.5 Å². The van der Waals surface area contributed by atoms with E-state index in [4.69, 9.17) is 27.9 Å². The molecular weight excluding hydrogens is 563 g/mol. The second kappa shape index (κ2) is 13.7.